The monoisotopic (exact) mass is 393 g/mol. The highest BCUT2D eigenvalue weighted by Gasteiger charge is 2.14. The van der Waals surface area contributed by atoms with Crippen molar-refractivity contribution in [1.82, 2.24) is 10.3 Å². The second kappa shape index (κ2) is 10.1. The second-order valence-corrected chi connectivity index (χ2v) is 7.46. The van der Waals surface area contributed by atoms with Crippen LogP contribution in [0.2, 0.25) is 0 Å². The number of hydrogen-bond acceptors (Lipinski definition) is 4. The number of aromatic nitrogens is 1. The molecule has 4 nitrogen and oxygen atoms in total. The average molecular weight is 394 g/mol. The first-order valence-electron chi connectivity index (χ1n) is 9.94. The van der Waals surface area contributed by atoms with Gasteiger partial charge in [-0.05, 0) is 35.7 Å². The number of nitrogens with one attached hydrogen (secondary N) is 2. The quantitative estimate of drug-likeness (QED) is 0.497. The van der Waals surface area contributed by atoms with Crippen molar-refractivity contribution in [3.8, 4) is 11.3 Å². The van der Waals surface area contributed by atoms with Gasteiger partial charge in [-0.1, -0.05) is 56.3 Å². The summed E-state index contributed by atoms with van der Waals surface area (Å²) in [6, 6.07) is 21.2. The topological polar surface area (TPSA) is 57.2 Å². The van der Waals surface area contributed by atoms with E-state index in [-0.39, 0.29) is 30.9 Å². The lowest BCUT2D eigenvalue weighted by atomic mass is 10.1. The molecule has 0 bridgehead atoms. The van der Waals surface area contributed by atoms with Crippen LogP contribution in [0.5, 0.6) is 0 Å². The van der Waals surface area contributed by atoms with Gasteiger partial charge in [0.2, 0.25) is 0 Å². The third-order valence-electron chi connectivity index (χ3n) is 4.97. The lowest BCUT2D eigenvalue weighted by Crippen LogP contribution is -2.36. The Morgan fingerprint density at radius 3 is 2.31 bits per heavy atom. The minimum absolute atomic E-state index is 0.0114. The van der Waals surface area contributed by atoms with Crippen LogP contribution in [0.1, 0.15) is 25.1 Å². The highest BCUT2D eigenvalue weighted by molar-refractivity contribution is 5.59. The number of pyridine rings is 1. The van der Waals surface area contributed by atoms with Crippen molar-refractivity contribution >= 4 is 5.69 Å². The summed E-state index contributed by atoms with van der Waals surface area (Å²) >= 11 is 0. The van der Waals surface area contributed by atoms with E-state index in [4.69, 9.17) is 0 Å². The van der Waals surface area contributed by atoms with Crippen molar-refractivity contribution in [2.24, 2.45) is 5.92 Å². The first kappa shape index (κ1) is 21.0. The molecule has 0 amide bonds. The van der Waals surface area contributed by atoms with Crippen molar-refractivity contribution < 1.29 is 9.50 Å². The van der Waals surface area contributed by atoms with Crippen molar-refractivity contribution in [3.05, 3.63) is 83.8 Å². The molecule has 29 heavy (non-hydrogen) atoms. The van der Waals surface area contributed by atoms with Gasteiger partial charge in [0.25, 0.3) is 0 Å². The Kier molecular flexibility index (Phi) is 7.33. The summed E-state index contributed by atoms with van der Waals surface area (Å²) in [6.07, 6.45) is 0. The lowest BCUT2D eigenvalue weighted by Gasteiger charge is -2.20. The van der Waals surface area contributed by atoms with E-state index >= 15 is 0 Å². The third-order valence-corrected chi connectivity index (χ3v) is 4.97. The number of benzene rings is 2. The van der Waals surface area contributed by atoms with Crippen molar-refractivity contribution in [2.75, 3.05) is 11.9 Å². The SMILES string of the molecule is CC(C)[C@H](CO)NCc1nc(-c2ccc(CNc3ccccc3)cc2)ccc1F. The summed E-state index contributed by atoms with van der Waals surface area (Å²) in [6.45, 7) is 5.05. The van der Waals surface area contributed by atoms with Gasteiger partial charge in [0.05, 0.1) is 18.0 Å². The smallest absolute Gasteiger partial charge is 0.146 e. The number of halogens is 1. The third kappa shape index (κ3) is 5.86. The molecule has 3 aromatic rings. The van der Waals surface area contributed by atoms with E-state index < -0.39 is 0 Å². The van der Waals surface area contributed by atoms with Gasteiger partial charge in [-0.3, -0.25) is 0 Å². The maximum Gasteiger partial charge on any atom is 0.146 e. The molecule has 0 saturated heterocycles. The molecule has 0 aliphatic rings. The van der Waals surface area contributed by atoms with Crippen LogP contribution in [-0.4, -0.2) is 22.7 Å². The van der Waals surface area contributed by atoms with Gasteiger partial charge in [-0.25, -0.2) is 9.37 Å². The Bertz CT molecular complexity index is 898. The molecule has 0 saturated carbocycles. The Labute approximate surface area is 171 Å². The molecule has 1 heterocycles. The van der Waals surface area contributed by atoms with E-state index in [1.807, 2.05) is 56.3 Å². The predicted octanol–water partition coefficient (Wildman–Crippen LogP) is 4.61. The molecule has 0 spiro atoms. The Balaban J connectivity index is 1.67. The summed E-state index contributed by atoms with van der Waals surface area (Å²) in [5, 5.41) is 16.0. The van der Waals surface area contributed by atoms with Crippen LogP contribution in [-0.2, 0) is 13.1 Å². The number of para-hydroxylation sites is 1. The number of aliphatic hydroxyl groups excluding tert-OH is 1. The summed E-state index contributed by atoms with van der Waals surface area (Å²) in [5.74, 6) is -0.0892. The molecule has 1 aromatic heterocycles. The first-order chi connectivity index (χ1) is 14.1. The highest BCUT2D eigenvalue weighted by atomic mass is 19.1. The van der Waals surface area contributed by atoms with Gasteiger partial charge in [-0.15, -0.1) is 0 Å². The zero-order valence-corrected chi connectivity index (χ0v) is 16.9. The van der Waals surface area contributed by atoms with E-state index in [0.29, 0.717) is 5.69 Å². The van der Waals surface area contributed by atoms with Gasteiger partial charge < -0.3 is 15.7 Å². The minimum atomic E-state index is -0.342. The predicted molar refractivity (Wildman–Crippen MR) is 116 cm³/mol. The van der Waals surface area contributed by atoms with Crippen LogP contribution >= 0.6 is 0 Å². The van der Waals surface area contributed by atoms with Crippen LogP contribution < -0.4 is 10.6 Å². The lowest BCUT2D eigenvalue weighted by molar-refractivity contribution is 0.209. The van der Waals surface area contributed by atoms with Crippen LogP contribution in [0.3, 0.4) is 0 Å². The van der Waals surface area contributed by atoms with Crippen molar-refractivity contribution in [3.63, 3.8) is 0 Å². The van der Waals surface area contributed by atoms with E-state index in [0.717, 1.165) is 29.1 Å². The molecule has 0 aliphatic carbocycles. The molecule has 0 radical (unpaired) electrons. The summed E-state index contributed by atoms with van der Waals surface area (Å²) in [7, 11) is 0. The first-order valence-corrected chi connectivity index (χ1v) is 9.94. The average Bonchev–Trinajstić information content (AvgIpc) is 2.75. The summed E-state index contributed by atoms with van der Waals surface area (Å²) in [4.78, 5) is 4.50. The normalized spacial score (nSPS) is 12.2. The fourth-order valence-electron chi connectivity index (χ4n) is 3.06. The maximum absolute atomic E-state index is 14.2. The zero-order chi connectivity index (χ0) is 20.6. The van der Waals surface area contributed by atoms with E-state index in [9.17, 15) is 9.50 Å². The fraction of sp³-hybridized carbons (Fsp3) is 0.292. The van der Waals surface area contributed by atoms with Crippen LogP contribution in [0.4, 0.5) is 10.1 Å². The largest absolute Gasteiger partial charge is 0.395 e. The summed E-state index contributed by atoms with van der Waals surface area (Å²) in [5.41, 5.74) is 4.27. The van der Waals surface area contributed by atoms with Gasteiger partial charge in [0.1, 0.15) is 5.82 Å². The standard InChI is InChI=1S/C24H28FN3O/c1-17(2)24(16-29)27-15-23-21(25)12-13-22(28-23)19-10-8-18(9-11-19)14-26-20-6-4-3-5-7-20/h3-13,17,24,26-27,29H,14-16H2,1-2H3/t24-/m0/s1. The van der Waals surface area contributed by atoms with Crippen molar-refractivity contribution in [1.29, 1.82) is 0 Å². The molecule has 5 heteroatoms. The van der Waals surface area contributed by atoms with Gasteiger partial charge in [0.15, 0.2) is 0 Å². The second-order valence-electron chi connectivity index (χ2n) is 7.46. The Hall–Kier alpha value is -2.76. The van der Waals surface area contributed by atoms with E-state index in [1.165, 1.54) is 6.07 Å². The molecule has 3 rings (SSSR count). The molecular weight excluding hydrogens is 365 g/mol. The van der Waals surface area contributed by atoms with Gasteiger partial charge >= 0.3 is 0 Å². The number of hydrogen-bond donors (Lipinski definition) is 3. The van der Waals surface area contributed by atoms with E-state index in [1.54, 1.807) is 6.07 Å². The number of rotatable bonds is 9. The fourth-order valence-corrected chi connectivity index (χ4v) is 3.06. The molecule has 1 atom stereocenters. The van der Waals surface area contributed by atoms with Crippen LogP contribution in [0, 0.1) is 11.7 Å². The molecule has 3 N–H and O–H groups in total. The molecule has 0 aliphatic heterocycles. The molecule has 0 unspecified atom stereocenters. The maximum atomic E-state index is 14.2. The van der Waals surface area contributed by atoms with Crippen LogP contribution in [0.25, 0.3) is 11.3 Å². The Morgan fingerprint density at radius 2 is 1.66 bits per heavy atom. The molecule has 2 aromatic carbocycles. The molecular formula is C24H28FN3O. The number of anilines is 1. The highest BCUT2D eigenvalue weighted by Crippen LogP contribution is 2.20. The number of nitrogens with zero attached hydrogens (tertiary/aromatic N) is 1. The number of aliphatic hydroxyl groups is 1. The van der Waals surface area contributed by atoms with Gasteiger partial charge in [0, 0.05) is 30.4 Å². The zero-order valence-electron chi connectivity index (χ0n) is 16.9. The Morgan fingerprint density at radius 1 is 0.931 bits per heavy atom. The van der Waals surface area contributed by atoms with Crippen LogP contribution in [0.15, 0.2) is 66.7 Å². The summed E-state index contributed by atoms with van der Waals surface area (Å²) < 4.78 is 14.2. The van der Waals surface area contributed by atoms with Gasteiger partial charge in [-0.2, -0.15) is 0 Å². The minimum Gasteiger partial charge on any atom is -0.395 e. The molecule has 152 valence electrons. The van der Waals surface area contributed by atoms with E-state index in [2.05, 4.69) is 27.8 Å². The molecule has 0 fully saturated rings. The van der Waals surface area contributed by atoms with Crippen molar-refractivity contribution in [2.45, 2.75) is 33.0 Å².